The minimum absolute atomic E-state index is 0.0112. The minimum atomic E-state index is -0.0498. The number of nitrogens with zero attached hydrogens (tertiary/aromatic N) is 2. The van der Waals surface area contributed by atoms with E-state index >= 15 is 0 Å². The number of amides is 1. The molecule has 0 aliphatic carbocycles. The quantitative estimate of drug-likeness (QED) is 0.298. The number of aliphatic imine (C=N–C) groups is 1. The zero-order chi connectivity index (χ0) is 26.1. The second-order valence-electron chi connectivity index (χ2n) is 10.3. The highest BCUT2D eigenvalue weighted by atomic mass is 16.5. The fourth-order valence-electron chi connectivity index (χ4n) is 3.25. The largest absolute Gasteiger partial charge is 0.390 e. The second-order valence-corrected chi connectivity index (χ2v) is 10.3. The molecule has 1 amide bonds. The van der Waals surface area contributed by atoms with E-state index < -0.39 is 0 Å². The molecular weight excluding hydrogens is 412 g/mol. The van der Waals surface area contributed by atoms with Gasteiger partial charge in [-0.1, -0.05) is 62.0 Å². The van der Waals surface area contributed by atoms with E-state index in [4.69, 9.17) is 4.74 Å². The second kappa shape index (κ2) is 17.8. The fourth-order valence-corrected chi connectivity index (χ4v) is 3.25. The molecule has 2 N–H and O–H groups in total. The first-order valence-corrected chi connectivity index (χ1v) is 12.4. The monoisotopic (exact) mass is 466 g/mol. The number of hydrogen-bond acceptors (Lipinski definition) is 5. The summed E-state index contributed by atoms with van der Waals surface area (Å²) in [5, 5.41) is 6.08. The van der Waals surface area contributed by atoms with Crippen LogP contribution in [0.5, 0.6) is 0 Å². The third kappa shape index (κ3) is 16.6. The molecule has 1 saturated heterocycles. The Morgan fingerprint density at radius 3 is 2.00 bits per heavy atom. The van der Waals surface area contributed by atoms with Gasteiger partial charge < -0.3 is 15.4 Å². The molecule has 1 rings (SSSR count). The summed E-state index contributed by atoms with van der Waals surface area (Å²) in [5.74, 6) is 0.0112. The third-order valence-electron chi connectivity index (χ3n) is 5.17. The third-order valence-corrected chi connectivity index (χ3v) is 5.17. The maximum Gasteiger partial charge on any atom is 0.247 e. The molecule has 0 spiro atoms. The Balaban J connectivity index is 0. The predicted molar refractivity (Wildman–Crippen MR) is 145 cm³/mol. The summed E-state index contributed by atoms with van der Waals surface area (Å²) < 4.78 is 5.22. The van der Waals surface area contributed by atoms with Gasteiger partial charge in [0.25, 0.3) is 0 Å². The van der Waals surface area contributed by atoms with Gasteiger partial charge in [0.1, 0.15) is 0 Å². The number of ether oxygens (including phenoxy) is 1. The number of allylic oxidation sites excluding steroid dienone is 1. The molecule has 1 aliphatic rings. The Bertz CT molecular complexity index is 605. The highest BCUT2D eigenvalue weighted by Crippen LogP contribution is 2.23. The van der Waals surface area contributed by atoms with Crippen LogP contribution in [-0.2, 0) is 9.53 Å². The van der Waals surface area contributed by atoms with Crippen LogP contribution in [0.1, 0.15) is 75.7 Å². The van der Waals surface area contributed by atoms with E-state index in [9.17, 15) is 4.79 Å². The van der Waals surface area contributed by atoms with E-state index in [1.807, 2.05) is 27.7 Å². The molecule has 0 saturated carbocycles. The smallest absolute Gasteiger partial charge is 0.247 e. The lowest BCUT2D eigenvalue weighted by molar-refractivity contribution is -0.117. The number of nitrogens with one attached hydrogen (secondary N) is 2. The van der Waals surface area contributed by atoms with Crippen molar-refractivity contribution in [1.82, 2.24) is 15.5 Å². The van der Waals surface area contributed by atoms with Crippen molar-refractivity contribution in [2.45, 2.75) is 75.7 Å². The minimum Gasteiger partial charge on any atom is -0.390 e. The van der Waals surface area contributed by atoms with E-state index in [2.05, 4.69) is 68.6 Å². The average molecular weight is 467 g/mol. The van der Waals surface area contributed by atoms with Crippen LogP contribution < -0.4 is 10.6 Å². The van der Waals surface area contributed by atoms with Crippen LogP contribution >= 0.6 is 0 Å². The highest BCUT2D eigenvalue weighted by molar-refractivity contribution is 6.09. The maximum atomic E-state index is 12.2. The Hall–Kier alpha value is -1.66. The summed E-state index contributed by atoms with van der Waals surface area (Å²) in [6, 6.07) is 0. The van der Waals surface area contributed by atoms with Gasteiger partial charge in [-0.2, -0.15) is 0 Å². The topological polar surface area (TPSA) is 66.0 Å². The van der Waals surface area contributed by atoms with Crippen molar-refractivity contribution < 1.29 is 9.53 Å². The first-order valence-electron chi connectivity index (χ1n) is 12.4. The standard InChI is InChI=1S/C17H32N2O.C8H16N2O.C2H6/c1-12(14(18-9)17(6,7)8)13(2)15(20)19-11-10-16(3,4)5;1-2-9-3-4-10-5-7-11-8-6-10;1-2/h10-11H2,1-9H3,(H,19,20);2,9H,1,3-8H2;1-2H3/b13-12+,18-14?;;. The lowest BCUT2D eigenvalue weighted by atomic mass is 9.84. The van der Waals surface area contributed by atoms with E-state index in [0.717, 1.165) is 62.7 Å². The first kappa shape index (κ1) is 33.5. The summed E-state index contributed by atoms with van der Waals surface area (Å²) in [5.41, 5.74) is 2.91. The van der Waals surface area contributed by atoms with Crippen LogP contribution in [0, 0.1) is 10.8 Å². The summed E-state index contributed by atoms with van der Waals surface area (Å²) in [4.78, 5) is 18.9. The van der Waals surface area contributed by atoms with Crippen LogP contribution in [0.25, 0.3) is 0 Å². The van der Waals surface area contributed by atoms with Gasteiger partial charge in [-0.3, -0.25) is 14.7 Å². The number of rotatable bonds is 8. The SMILES string of the molecule is C=CNCCN1CCOCC1.CC.CN=C(/C(C)=C(\C)C(=O)NCCC(C)(C)C)C(C)(C)C. The van der Waals surface area contributed by atoms with Gasteiger partial charge in [-0.25, -0.2) is 0 Å². The molecule has 0 radical (unpaired) electrons. The van der Waals surface area contributed by atoms with Crippen molar-refractivity contribution >= 4 is 11.6 Å². The molecule has 0 aromatic rings. The van der Waals surface area contributed by atoms with Crippen LogP contribution in [-0.4, -0.2) is 69.5 Å². The number of carbonyl (C=O) groups excluding carboxylic acids is 1. The Labute approximate surface area is 205 Å². The molecule has 6 heteroatoms. The predicted octanol–water partition coefficient (Wildman–Crippen LogP) is 5.07. The molecule has 0 aromatic carbocycles. The molecule has 0 bridgehead atoms. The van der Waals surface area contributed by atoms with Crippen molar-refractivity contribution in [3.8, 4) is 0 Å². The Kier molecular flexibility index (Phi) is 18.0. The molecular formula is C27H54N4O2. The molecule has 1 fully saturated rings. The summed E-state index contributed by atoms with van der Waals surface area (Å²) >= 11 is 0. The van der Waals surface area contributed by atoms with Crippen LogP contribution in [0.3, 0.4) is 0 Å². The molecule has 1 aliphatic heterocycles. The summed E-state index contributed by atoms with van der Waals surface area (Å²) in [6.07, 6.45) is 2.71. The molecule has 33 heavy (non-hydrogen) atoms. The lowest BCUT2D eigenvalue weighted by Gasteiger charge is -2.26. The number of carbonyl (C=O) groups is 1. The molecule has 0 unspecified atom stereocenters. The average Bonchev–Trinajstić information content (AvgIpc) is 2.74. The highest BCUT2D eigenvalue weighted by Gasteiger charge is 2.22. The Morgan fingerprint density at radius 2 is 1.58 bits per heavy atom. The van der Waals surface area contributed by atoms with Gasteiger partial charge in [-0.05, 0) is 37.5 Å². The summed E-state index contributed by atoms with van der Waals surface area (Å²) in [7, 11) is 1.79. The van der Waals surface area contributed by atoms with Crippen molar-refractivity contribution in [1.29, 1.82) is 0 Å². The zero-order valence-corrected chi connectivity index (χ0v) is 23.7. The molecule has 194 valence electrons. The molecule has 6 nitrogen and oxygen atoms in total. The molecule has 0 atom stereocenters. The van der Waals surface area contributed by atoms with Crippen LogP contribution in [0.4, 0.5) is 0 Å². The summed E-state index contributed by atoms with van der Waals surface area (Å²) in [6.45, 7) is 31.0. The van der Waals surface area contributed by atoms with E-state index in [0.29, 0.717) is 6.54 Å². The normalized spacial score (nSPS) is 15.8. The molecule has 0 aromatic heterocycles. The van der Waals surface area contributed by atoms with E-state index in [1.165, 1.54) is 0 Å². The van der Waals surface area contributed by atoms with Crippen molar-refractivity contribution in [3.63, 3.8) is 0 Å². The number of morpholine rings is 1. The lowest BCUT2D eigenvalue weighted by Crippen LogP contribution is -2.39. The van der Waals surface area contributed by atoms with Crippen molar-refractivity contribution in [2.24, 2.45) is 15.8 Å². The first-order chi connectivity index (χ1) is 15.3. The van der Waals surface area contributed by atoms with Gasteiger partial charge in [0.2, 0.25) is 5.91 Å². The van der Waals surface area contributed by atoms with Gasteiger partial charge in [0.15, 0.2) is 0 Å². The van der Waals surface area contributed by atoms with E-state index in [-0.39, 0.29) is 16.7 Å². The van der Waals surface area contributed by atoms with Gasteiger partial charge >= 0.3 is 0 Å². The molecule has 1 heterocycles. The van der Waals surface area contributed by atoms with Crippen molar-refractivity contribution in [2.75, 3.05) is 53.0 Å². The van der Waals surface area contributed by atoms with Gasteiger partial charge in [0, 0.05) is 56.5 Å². The Morgan fingerprint density at radius 1 is 1.03 bits per heavy atom. The number of hydrogen-bond donors (Lipinski definition) is 2. The zero-order valence-electron chi connectivity index (χ0n) is 23.7. The van der Waals surface area contributed by atoms with Gasteiger partial charge in [-0.15, -0.1) is 0 Å². The van der Waals surface area contributed by atoms with Crippen molar-refractivity contribution in [3.05, 3.63) is 23.9 Å². The van der Waals surface area contributed by atoms with E-state index in [1.54, 1.807) is 13.2 Å². The fraction of sp³-hybridized carbons (Fsp3) is 0.778. The van der Waals surface area contributed by atoms with Gasteiger partial charge in [0.05, 0.1) is 13.2 Å². The van der Waals surface area contributed by atoms with Crippen LogP contribution in [0.2, 0.25) is 0 Å². The maximum absolute atomic E-state index is 12.2. The van der Waals surface area contributed by atoms with Crippen LogP contribution in [0.15, 0.2) is 28.9 Å².